The Bertz CT molecular complexity index is 1120. The minimum absolute atomic E-state index is 0.0215. The van der Waals surface area contributed by atoms with Gasteiger partial charge >= 0.3 is 5.51 Å². The second-order valence-corrected chi connectivity index (χ2v) is 10.3. The summed E-state index contributed by atoms with van der Waals surface area (Å²) in [7, 11) is -5.96. The van der Waals surface area contributed by atoms with Crippen LogP contribution in [0.1, 0.15) is 0 Å². The number of thioether (sulfide) groups is 1. The van der Waals surface area contributed by atoms with Gasteiger partial charge in [0.15, 0.2) is 9.84 Å². The second kappa shape index (κ2) is 9.14. The molecule has 30 heavy (non-hydrogen) atoms. The van der Waals surface area contributed by atoms with Crippen molar-refractivity contribution in [2.75, 3.05) is 17.3 Å². The number of nitrogens with zero attached hydrogens (tertiary/aromatic N) is 1. The fourth-order valence-corrected chi connectivity index (χ4v) is 4.52. The molecule has 1 unspecified atom stereocenters. The van der Waals surface area contributed by atoms with Gasteiger partial charge in [-0.1, -0.05) is 6.07 Å². The van der Waals surface area contributed by atoms with Crippen LogP contribution in [0.2, 0.25) is 0 Å². The second-order valence-electron chi connectivity index (χ2n) is 5.77. The molecule has 1 N–H and O–H groups in total. The predicted molar refractivity (Wildman–Crippen MR) is 104 cm³/mol. The number of nitro groups is 1. The Labute approximate surface area is 175 Å². The monoisotopic (exact) mass is 482 g/mol. The van der Waals surface area contributed by atoms with Crippen molar-refractivity contribution in [3.8, 4) is 0 Å². The number of amides is 1. The van der Waals surface area contributed by atoms with E-state index >= 15 is 0 Å². The average Bonchev–Trinajstić information content (AvgIpc) is 2.59. The van der Waals surface area contributed by atoms with E-state index in [0.717, 1.165) is 30.5 Å². The van der Waals surface area contributed by atoms with E-state index in [-0.39, 0.29) is 32.1 Å². The van der Waals surface area contributed by atoms with E-state index in [9.17, 15) is 40.7 Å². The van der Waals surface area contributed by atoms with Crippen LogP contribution in [-0.2, 0) is 25.4 Å². The molecule has 0 spiro atoms. The van der Waals surface area contributed by atoms with Crippen molar-refractivity contribution in [1.29, 1.82) is 0 Å². The lowest BCUT2D eigenvalue weighted by Gasteiger charge is -2.09. The number of carbonyl (C=O) groups is 1. The highest BCUT2D eigenvalue weighted by molar-refractivity contribution is 8.00. The summed E-state index contributed by atoms with van der Waals surface area (Å²) < 4.78 is 72.9. The minimum Gasteiger partial charge on any atom is -0.325 e. The van der Waals surface area contributed by atoms with Crippen LogP contribution in [0.15, 0.2) is 57.2 Å². The van der Waals surface area contributed by atoms with Crippen LogP contribution in [-0.4, -0.2) is 41.0 Å². The molecule has 2 aromatic carbocycles. The number of nitro benzene ring substituents is 1. The molecule has 1 atom stereocenters. The van der Waals surface area contributed by atoms with Crippen LogP contribution in [0, 0.1) is 10.1 Å². The van der Waals surface area contributed by atoms with Crippen molar-refractivity contribution in [2.24, 2.45) is 0 Å². The summed E-state index contributed by atoms with van der Waals surface area (Å²) in [6.07, 6.45) is 0.849. The molecule has 0 radical (unpaired) electrons. The number of hydrogen-bond acceptors (Lipinski definition) is 7. The van der Waals surface area contributed by atoms with Gasteiger partial charge in [0.25, 0.3) is 5.69 Å². The van der Waals surface area contributed by atoms with Crippen molar-refractivity contribution >= 4 is 49.7 Å². The molecule has 2 aromatic rings. The van der Waals surface area contributed by atoms with E-state index in [2.05, 4.69) is 5.32 Å². The Morgan fingerprint density at radius 1 is 1.23 bits per heavy atom. The fourth-order valence-electron chi connectivity index (χ4n) is 2.23. The van der Waals surface area contributed by atoms with Gasteiger partial charge in [0, 0.05) is 22.9 Å². The summed E-state index contributed by atoms with van der Waals surface area (Å²) in [6, 6.07) is 7.64. The normalized spacial score (nSPS) is 12.9. The molecule has 0 aromatic heterocycles. The summed E-state index contributed by atoms with van der Waals surface area (Å²) in [5.41, 5.74) is -5.22. The molecule has 2 rings (SSSR count). The lowest BCUT2D eigenvalue weighted by atomic mass is 10.3. The molecule has 1 amide bonds. The van der Waals surface area contributed by atoms with Gasteiger partial charge in [-0.15, -0.1) is 0 Å². The van der Waals surface area contributed by atoms with Gasteiger partial charge in [-0.25, -0.2) is 8.42 Å². The third kappa shape index (κ3) is 6.81. The van der Waals surface area contributed by atoms with Gasteiger partial charge in [-0.2, -0.15) is 13.2 Å². The third-order valence-corrected chi connectivity index (χ3v) is 6.61. The van der Waals surface area contributed by atoms with Crippen LogP contribution >= 0.6 is 11.8 Å². The summed E-state index contributed by atoms with van der Waals surface area (Å²) in [4.78, 5) is 21.5. The van der Waals surface area contributed by atoms with Crippen molar-refractivity contribution in [3.05, 3.63) is 52.6 Å². The maximum Gasteiger partial charge on any atom is 0.446 e. The van der Waals surface area contributed by atoms with Crippen LogP contribution in [0.5, 0.6) is 0 Å². The molecule has 162 valence electrons. The lowest BCUT2D eigenvalue weighted by molar-refractivity contribution is -0.388. The summed E-state index contributed by atoms with van der Waals surface area (Å²) in [5.74, 6) is -1.58. The zero-order valence-corrected chi connectivity index (χ0v) is 17.5. The Morgan fingerprint density at radius 3 is 2.47 bits per heavy atom. The van der Waals surface area contributed by atoms with E-state index in [0.29, 0.717) is 0 Å². The Kier molecular flexibility index (Phi) is 7.26. The highest BCUT2D eigenvalue weighted by Gasteiger charge is 2.29. The van der Waals surface area contributed by atoms with E-state index in [1.165, 1.54) is 18.2 Å². The smallest absolute Gasteiger partial charge is 0.325 e. The van der Waals surface area contributed by atoms with Crippen LogP contribution < -0.4 is 5.32 Å². The number of carbonyl (C=O) groups excluding carboxylic acids is 1. The molecular weight excluding hydrogens is 469 g/mol. The standard InChI is InChI=1S/C16H13F3N2O6S3/c1-30(26,27)12-5-6-14(13(8-12)21(23)24)29(25)9-15(22)20-10-3-2-4-11(7-10)28-16(17,18)19/h2-8H,9H2,1H3,(H,20,22). The number of hydrogen-bond donors (Lipinski definition) is 1. The average molecular weight is 482 g/mol. The maximum atomic E-state index is 12.4. The highest BCUT2D eigenvalue weighted by Crippen LogP contribution is 2.37. The van der Waals surface area contributed by atoms with E-state index in [1.807, 2.05) is 0 Å². The number of nitrogens with one attached hydrogen (secondary N) is 1. The first-order chi connectivity index (χ1) is 13.8. The van der Waals surface area contributed by atoms with E-state index in [1.54, 1.807) is 0 Å². The molecule has 0 aliphatic rings. The molecule has 0 aliphatic carbocycles. The van der Waals surface area contributed by atoms with Crippen LogP contribution in [0.4, 0.5) is 24.5 Å². The molecule has 0 saturated heterocycles. The van der Waals surface area contributed by atoms with Crippen molar-refractivity contribution < 1.29 is 35.5 Å². The number of benzene rings is 2. The first-order valence-electron chi connectivity index (χ1n) is 7.79. The highest BCUT2D eigenvalue weighted by atomic mass is 32.2. The van der Waals surface area contributed by atoms with Crippen molar-refractivity contribution in [2.45, 2.75) is 20.2 Å². The molecule has 8 nitrogen and oxygen atoms in total. The number of alkyl halides is 3. The molecule has 0 saturated carbocycles. The summed E-state index contributed by atoms with van der Waals surface area (Å²) >= 11 is -0.374. The Hall–Kier alpha value is -2.45. The first-order valence-corrected chi connectivity index (χ1v) is 11.8. The zero-order chi connectivity index (χ0) is 22.7. The maximum absolute atomic E-state index is 12.4. The fraction of sp³-hybridized carbons (Fsp3) is 0.188. The summed E-state index contributed by atoms with van der Waals surface area (Å²) in [5, 5.41) is 13.5. The molecule has 0 aliphatic heterocycles. The Balaban J connectivity index is 2.18. The first kappa shape index (κ1) is 23.8. The topological polar surface area (TPSA) is 123 Å². The molecule has 0 bridgehead atoms. The minimum atomic E-state index is -4.51. The quantitative estimate of drug-likeness (QED) is 0.365. The number of anilines is 1. The predicted octanol–water partition coefficient (Wildman–Crippen LogP) is 3.36. The molecule has 14 heteroatoms. The number of rotatable bonds is 7. The molecule has 0 heterocycles. The van der Waals surface area contributed by atoms with Gasteiger partial charge in [-0.05, 0) is 42.1 Å². The van der Waals surface area contributed by atoms with Gasteiger partial charge in [-0.3, -0.25) is 19.1 Å². The SMILES string of the molecule is CS(=O)(=O)c1ccc(S(=O)CC(=O)Nc2cccc(SC(F)(F)F)c2)c([N+](=O)[O-])c1. The van der Waals surface area contributed by atoms with E-state index in [4.69, 9.17) is 0 Å². The van der Waals surface area contributed by atoms with Crippen molar-refractivity contribution in [3.63, 3.8) is 0 Å². The molecular formula is C16H13F3N2O6S3. The van der Waals surface area contributed by atoms with Gasteiger partial charge in [0.05, 0.1) is 20.6 Å². The number of sulfone groups is 1. The largest absolute Gasteiger partial charge is 0.446 e. The third-order valence-electron chi connectivity index (χ3n) is 3.41. The van der Waals surface area contributed by atoms with Crippen LogP contribution in [0.3, 0.4) is 0 Å². The summed E-state index contributed by atoms with van der Waals surface area (Å²) in [6.45, 7) is 0. The van der Waals surface area contributed by atoms with E-state index < -0.39 is 48.4 Å². The lowest BCUT2D eigenvalue weighted by Crippen LogP contribution is -2.20. The number of halogens is 3. The van der Waals surface area contributed by atoms with Gasteiger partial charge in [0.1, 0.15) is 10.6 Å². The Morgan fingerprint density at radius 2 is 1.90 bits per heavy atom. The van der Waals surface area contributed by atoms with Gasteiger partial charge in [0.2, 0.25) is 5.91 Å². The van der Waals surface area contributed by atoms with Crippen LogP contribution in [0.25, 0.3) is 0 Å². The van der Waals surface area contributed by atoms with Gasteiger partial charge < -0.3 is 5.32 Å². The molecule has 0 fully saturated rings. The van der Waals surface area contributed by atoms with Crippen molar-refractivity contribution in [1.82, 2.24) is 0 Å². The zero-order valence-electron chi connectivity index (χ0n) is 15.0.